The zero-order chi connectivity index (χ0) is 8.72. The molecule has 0 fully saturated rings. The number of thiophene rings is 1. The summed E-state index contributed by atoms with van der Waals surface area (Å²) in [6, 6.07) is 4.48. The minimum atomic E-state index is 1.40. The van der Waals surface area contributed by atoms with Gasteiger partial charge in [0.05, 0.1) is 0 Å². The van der Waals surface area contributed by atoms with Crippen molar-refractivity contribution in [2.45, 2.75) is 13.8 Å². The van der Waals surface area contributed by atoms with Crippen LogP contribution in [0.2, 0.25) is 0 Å². The monoisotopic (exact) mass is 288 g/mol. The van der Waals surface area contributed by atoms with E-state index >= 15 is 0 Å². The lowest BCUT2D eigenvalue weighted by atomic mass is 10.1. The summed E-state index contributed by atoms with van der Waals surface area (Å²) in [5.74, 6) is 0. The highest BCUT2D eigenvalue weighted by atomic mass is 127. The van der Waals surface area contributed by atoms with E-state index in [1.165, 1.54) is 24.8 Å². The third kappa shape index (κ3) is 1.17. The fraction of sp³-hybridized carbons (Fsp3) is 0.200. The maximum atomic E-state index is 2.43. The molecule has 0 radical (unpaired) electrons. The average molecular weight is 288 g/mol. The fourth-order valence-corrected chi connectivity index (χ4v) is 3.27. The number of halogens is 1. The molecule has 0 aliphatic heterocycles. The predicted molar refractivity (Wildman–Crippen MR) is 64.0 cm³/mol. The minimum Gasteiger partial charge on any atom is -0.144 e. The number of fused-ring (bicyclic) bond motifs is 1. The highest BCUT2D eigenvalue weighted by molar-refractivity contribution is 14.1. The Morgan fingerprint density at radius 2 is 2.08 bits per heavy atom. The molecule has 0 saturated heterocycles. The van der Waals surface area contributed by atoms with E-state index in [9.17, 15) is 0 Å². The van der Waals surface area contributed by atoms with E-state index in [4.69, 9.17) is 0 Å². The van der Waals surface area contributed by atoms with Gasteiger partial charge < -0.3 is 0 Å². The zero-order valence-electron chi connectivity index (χ0n) is 7.02. The van der Waals surface area contributed by atoms with Gasteiger partial charge in [0.1, 0.15) is 0 Å². The Labute approximate surface area is 89.7 Å². The first-order valence-corrected chi connectivity index (χ1v) is 5.79. The lowest BCUT2D eigenvalue weighted by Gasteiger charge is -2.03. The van der Waals surface area contributed by atoms with E-state index in [1.54, 1.807) is 0 Å². The van der Waals surface area contributed by atoms with Crippen molar-refractivity contribution >= 4 is 44.0 Å². The number of hydrogen-bond acceptors (Lipinski definition) is 1. The summed E-state index contributed by atoms with van der Waals surface area (Å²) in [7, 11) is 0. The molecule has 2 heteroatoms. The summed E-state index contributed by atoms with van der Waals surface area (Å²) in [6.07, 6.45) is 0. The summed E-state index contributed by atoms with van der Waals surface area (Å²) >= 11 is 4.25. The van der Waals surface area contributed by atoms with Crippen LogP contribution in [0.15, 0.2) is 17.5 Å². The Morgan fingerprint density at radius 3 is 2.83 bits per heavy atom. The van der Waals surface area contributed by atoms with Crippen LogP contribution < -0.4 is 0 Å². The second kappa shape index (κ2) is 3.00. The van der Waals surface area contributed by atoms with Crippen molar-refractivity contribution < 1.29 is 0 Å². The van der Waals surface area contributed by atoms with Crippen LogP contribution in [0.3, 0.4) is 0 Å². The zero-order valence-corrected chi connectivity index (χ0v) is 9.99. The molecule has 0 atom stereocenters. The van der Waals surface area contributed by atoms with Gasteiger partial charge in [-0.05, 0) is 65.1 Å². The van der Waals surface area contributed by atoms with Crippen LogP contribution in [0.1, 0.15) is 11.1 Å². The molecule has 62 valence electrons. The highest BCUT2D eigenvalue weighted by Crippen LogP contribution is 2.29. The van der Waals surface area contributed by atoms with Gasteiger partial charge in [0, 0.05) is 13.7 Å². The molecule has 0 saturated carbocycles. The van der Waals surface area contributed by atoms with Crippen molar-refractivity contribution in [1.29, 1.82) is 0 Å². The Hall–Kier alpha value is -0.0900. The molecule has 0 bridgehead atoms. The van der Waals surface area contributed by atoms with Crippen LogP contribution in [-0.2, 0) is 0 Å². The molecule has 0 aliphatic rings. The molecule has 1 heterocycles. The van der Waals surface area contributed by atoms with Crippen LogP contribution in [0, 0.1) is 17.4 Å². The van der Waals surface area contributed by atoms with Gasteiger partial charge in [0.25, 0.3) is 0 Å². The molecule has 0 aliphatic carbocycles. The number of aryl methyl sites for hydroxylation is 1. The molecule has 1 aromatic carbocycles. The summed E-state index contributed by atoms with van der Waals surface area (Å²) in [5.41, 5.74) is 2.82. The normalized spacial score (nSPS) is 10.9. The largest absolute Gasteiger partial charge is 0.144 e. The summed E-state index contributed by atoms with van der Waals surface area (Å²) in [5, 5.41) is 3.56. The summed E-state index contributed by atoms with van der Waals surface area (Å²) in [6.45, 7) is 4.37. The molecule has 0 N–H and O–H groups in total. The van der Waals surface area contributed by atoms with E-state index in [-0.39, 0.29) is 0 Å². The first-order valence-electron chi connectivity index (χ1n) is 3.83. The van der Waals surface area contributed by atoms with Crippen molar-refractivity contribution in [3.8, 4) is 0 Å². The van der Waals surface area contributed by atoms with E-state index in [2.05, 4.69) is 54.0 Å². The Balaban J connectivity index is 2.94. The standard InChI is InChI=1S/C10H9IS/c1-6-5-9-8(3-4-12-9)10(11)7(6)2/h3-5H,1-2H3. The minimum absolute atomic E-state index is 1.40. The van der Waals surface area contributed by atoms with Crippen LogP contribution >= 0.6 is 33.9 Å². The number of benzene rings is 1. The third-order valence-electron chi connectivity index (χ3n) is 2.20. The maximum Gasteiger partial charge on any atom is 0.0356 e. The lowest BCUT2D eigenvalue weighted by Crippen LogP contribution is -1.85. The maximum absolute atomic E-state index is 2.43. The molecular formula is C10H9IS. The molecule has 2 rings (SSSR count). The number of rotatable bonds is 0. The van der Waals surface area contributed by atoms with Crippen molar-refractivity contribution in [2.75, 3.05) is 0 Å². The SMILES string of the molecule is Cc1cc2sccc2c(I)c1C. The second-order valence-corrected chi connectivity index (χ2v) is 4.99. The van der Waals surface area contributed by atoms with Crippen LogP contribution in [0.25, 0.3) is 10.1 Å². The van der Waals surface area contributed by atoms with Crippen LogP contribution in [0.5, 0.6) is 0 Å². The predicted octanol–water partition coefficient (Wildman–Crippen LogP) is 4.12. The molecule has 0 unspecified atom stereocenters. The van der Waals surface area contributed by atoms with E-state index in [1.807, 2.05) is 11.3 Å². The Kier molecular flexibility index (Phi) is 2.12. The van der Waals surface area contributed by atoms with Gasteiger partial charge in [0.2, 0.25) is 0 Å². The van der Waals surface area contributed by atoms with Gasteiger partial charge in [-0.25, -0.2) is 0 Å². The smallest absolute Gasteiger partial charge is 0.0356 e. The molecule has 1 aromatic heterocycles. The quantitative estimate of drug-likeness (QED) is 0.640. The van der Waals surface area contributed by atoms with Crippen molar-refractivity contribution in [3.05, 3.63) is 32.2 Å². The van der Waals surface area contributed by atoms with E-state index in [0.717, 1.165) is 0 Å². The van der Waals surface area contributed by atoms with Crippen molar-refractivity contribution in [1.82, 2.24) is 0 Å². The van der Waals surface area contributed by atoms with E-state index < -0.39 is 0 Å². The van der Waals surface area contributed by atoms with Crippen molar-refractivity contribution in [3.63, 3.8) is 0 Å². The van der Waals surface area contributed by atoms with Gasteiger partial charge in [-0.2, -0.15) is 0 Å². The van der Waals surface area contributed by atoms with Gasteiger partial charge in [-0.15, -0.1) is 11.3 Å². The average Bonchev–Trinajstić information content (AvgIpc) is 2.48. The lowest BCUT2D eigenvalue weighted by molar-refractivity contribution is 1.35. The first-order chi connectivity index (χ1) is 5.70. The molecular weight excluding hydrogens is 279 g/mol. The van der Waals surface area contributed by atoms with Gasteiger partial charge in [0.15, 0.2) is 0 Å². The second-order valence-electron chi connectivity index (χ2n) is 2.96. The Morgan fingerprint density at radius 1 is 1.33 bits per heavy atom. The van der Waals surface area contributed by atoms with Crippen LogP contribution in [0.4, 0.5) is 0 Å². The topological polar surface area (TPSA) is 0 Å². The van der Waals surface area contributed by atoms with E-state index in [0.29, 0.717) is 0 Å². The third-order valence-corrected chi connectivity index (χ3v) is 4.45. The molecule has 0 amide bonds. The molecule has 0 nitrogen and oxygen atoms in total. The van der Waals surface area contributed by atoms with Gasteiger partial charge in [-0.1, -0.05) is 0 Å². The highest BCUT2D eigenvalue weighted by Gasteiger charge is 2.04. The number of hydrogen-bond donors (Lipinski definition) is 0. The fourth-order valence-electron chi connectivity index (χ4n) is 1.29. The van der Waals surface area contributed by atoms with Crippen molar-refractivity contribution in [2.24, 2.45) is 0 Å². The summed E-state index contributed by atoms with van der Waals surface area (Å²) in [4.78, 5) is 0. The van der Waals surface area contributed by atoms with Gasteiger partial charge >= 0.3 is 0 Å². The molecule has 2 aromatic rings. The molecule has 0 spiro atoms. The van der Waals surface area contributed by atoms with Crippen LogP contribution in [-0.4, -0.2) is 0 Å². The first kappa shape index (κ1) is 8.51. The van der Waals surface area contributed by atoms with Gasteiger partial charge in [-0.3, -0.25) is 0 Å². The Bertz CT molecular complexity index is 429. The molecule has 12 heavy (non-hydrogen) atoms. The summed E-state index contributed by atoms with van der Waals surface area (Å²) < 4.78 is 2.81.